The van der Waals surface area contributed by atoms with E-state index < -0.39 is 5.91 Å². The van der Waals surface area contributed by atoms with Crippen LogP contribution in [0, 0.1) is 0 Å². The second kappa shape index (κ2) is 9.31. The smallest absolute Gasteiger partial charge is 0.263 e. The highest BCUT2D eigenvalue weighted by Gasteiger charge is 2.12. The highest BCUT2D eigenvalue weighted by Crippen LogP contribution is 2.32. The number of hydrogen-bond acceptors (Lipinski definition) is 8. The maximum atomic E-state index is 12.1. The molecule has 1 aromatic heterocycles. The van der Waals surface area contributed by atoms with Gasteiger partial charge in [0.25, 0.3) is 5.91 Å². The van der Waals surface area contributed by atoms with Crippen LogP contribution >= 0.6 is 0 Å². The molecular formula is C19H20N6O4. The number of tetrazole rings is 1. The Hall–Kier alpha value is -3.95. The lowest BCUT2D eigenvalue weighted by Gasteiger charge is -2.12. The molecule has 29 heavy (non-hydrogen) atoms. The molecule has 10 nitrogen and oxygen atoms in total. The van der Waals surface area contributed by atoms with Gasteiger partial charge < -0.3 is 14.2 Å². The Balaban J connectivity index is 1.65. The van der Waals surface area contributed by atoms with E-state index >= 15 is 0 Å². The largest absolute Gasteiger partial charge is 0.496 e. The molecule has 0 aliphatic heterocycles. The van der Waals surface area contributed by atoms with Gasteiger partial charge in [0.05, 0.1) is 33.1 Å². The van der Waals surface area contributed by atoms with E-state index in [9.17, 15) is 4.79 Å². The predicted molar refractivity (Wildman–Crippen MR) is 105 cm³/mol. The molecule has 0 radical (unpaired) electrons. The Labute approximate surface area is 167 Å². The zero-order valence-corrected chi connectivity index (χ0v) is 16.2. The normalized spacial score (nSPS) is 10.7. The molecule has 0 aliphatic carbocycles. The number of hydrazone groups is 1. The monoisotopic (exact) mass is 396 g/mol. The van der Waals surface area contributed by atoms with E-state index in [0.717, 1.165) is 5.56 Å². The SMILES string of the molecule is COc1cc(OC)c(/C=N\NC(=O)Cn2nnc(-c3ccccc3)n2)c(OC)c1. The number of carbonyl (C=O) groups is 1. The van der Waals surface area contributed by atoms with Crippen molar-refractivity contribution >= 4 is 12.1 Å². The average Bonchev–Trinajstić information content (AvgIpc) is 3.22. The first kappa shape index (κ1) is 19.8. The summed E-state index contributed by atoms with van der Waals surface area (Å²) in [5.74, 6) is 1.58. The van der Waals surface area contributed by atoms with E-state index in [4.69, 9.17) is 14.2 Å². The molecule has 150 valence electrons. The molecule has 0 spiro atoms. The van der Waals surface area contributed by atoms with Gasteiger partial charge in [-0.15, -0.1) is 10.2 Å². The van der Waals surface area contributed by atoms with E-state index in [-0.39, 0.29) is 6.54 Å². The van der Waals surface area contributed by atoms with Crippen LogP contribution in [-0.2, 0) is 11.3 Å². The first-order chi connectivity index (χ1) is 14.1. The van der Waals surface area contributed by atoms with Crippen LogP contribution in [0.2, 0.25) is 0 Å². The van der Waals surface area contributed by atoms with Gasteiger partial charge >= 0.3 is 0 Å². The van der Waals surface area contributed by atoms with Crippen molar-refractivity contribution in [2.24, 2.45) is 5.10 Å². The van der Waals surface area contributed by atoms with Crippen LogP contribution in [0.3, 0.4) is 0 Å². The number of nitrogens with one attached hydrogen (secondary N) is 1. The molecule has 0 fully saturated rings. The third kappa shape index (κ3) is 4.86. The third-order valence-electron chi connectivity index (χ3n) is 3.91. The van der Waals surface area contributed by atoms with Crippen LogP contribution in [0.5, 0.6) is 17.2 Å². The number of ether oxygens (including phenoxy) is 3. The van der Waals surface area contributed by atoms with Crippen molar-refractivity contribution in [1.82, 2.24) is 25.6 Å². The van der Waals surface area contributed by atoms with E-state index in [2.05, 4.69) is 25.9 Å². The fraction of sp³-hybridized carbons (Fsp3) is 0.211. The zero-order chi connectivity index (χ0) is 20.6. The van der Waals surface area contributed by atoms with Gasteiger partial charge in [-0.3, -0.25) is 4.79 Å². The molecule has 0 atom stereocenters. The van der Waals surface area contributed by atoms with Crippen molar-refractivity contribution in [2.45, 2.75) is 6.54 Å². The Morgan fingerprint density at radius 1 is 1.10 bits per heavy atom. The Kier molecular flexibility index (Phi) is 6.36. The quantitative estimate of drug-likeness (QED) is 0.454. The summed E-state index contributed by atoms with van der Waals surface area (Å²) in [5, 5.41) is 16.0. The van der Waals surface area contributed by atoms with Crippen LogP contribution < -0.4 is 19.6 Å². The molecule has 0 bridgehead atoms. The van der Waals surface area contributed by atoms with Gasteiger partial charge in [-0.05, 0) is 5.21 Å². The van der Waals surface area contributed by atoms with Crippen molar-refractivity contribution < 1.29 is 19.0 Å². The van der Waals surface area contributed by atoms with Crippen LogP contribution in [0.1, 0.15) is 5.56 Å². The first-order valence-corrected chi connectivity index (χ1v) is 8.59. The Morgan fingerprint density at radius 2 is 1.79 bits per heavy atom. The van der Waals surface area contributed by atoms with Crippen molar-refractivity contribution in [3.63, 3.8) is 0 Å². The summed E-state index contributed by atoms with van der Waals surface area (Å²) in [6.45, 7) is -0.131. The maximum absolute atomic E-state index is 12.1. The molecule has 3 aromatic rings. The van der Waals surface area contributed by atoms with Gasteiger partial charge in [-0.25, -0.2) is 5.43 Å². The summed E-state index contributed by atoms with van der Waals surface area (Å²) in [7, 11) is 4.58. The Bertz CT molecular complexity index is 978. The van der Waals surface area contributed by atoms with E-state index in [1.54, 1.807) is 19.2 Å². The molecular weight excluding hydrogens is 376 g/mol. The van der Waals surface area contributed by atoms with E-state index in [1.807, 2.05) is 30.3 Å². The maximum Gasteiger partial charge on any atom is 0.263 e. The molecule has 0 saturated heterocycles. The summed E-state index contributed by atoms with van der Waals surface area (Å²) < 4.78 is 15.9. The van der Waals surface area contributed by atoms with Crippen LogP contribution in [-0.4, -0.2) is 53.7 Å². The van der Waals surface area contributed by atoms with Crippen molar-refractivity contribution in [3.05, 3.63) is 48.0 Å². The van der Waals surface area contributed by atoms with Crippen LogP contribution in [0.25, 0.3) is 11.4 Å². The minimum Gasteiger partial charge on any atom is -0.496 e. The number of amides is 1. The van der Waals surface area contributed by atoms with Crippen molar-refractivity contribution in [2.75, 3.05) is 21.3 Å². The number of nitrogens with zero attached hydrogens (tertiary/aromatic N) is 5. The van der Waals surface area contributed by atoms with Crippen LogP contribution in [0.15, 0.2) is 47.6 Å². The number of rotatable bonds is 8. The summed E-state index contributed by atoms with van der Waals surface area (Å²) in [6.07, 6.45) is 1.43. The average molecular weight is 396 g/mol. The fourth-order valence-corrected chi connectivity index (χ4v) is 2.51. The molecule has 1 N–H and O–H groups in total. The summed E-state index contributed by atoms with van der Waals surface area (Å²) >= 11 is 0. The summed E-state index contributed by atoms with van der Waals surface area (Å²) in [5.41, 5.74) is 3.79. The molecule has 1 amide bonds. The van der Waals surface area contributed by atoms with Gasteiger partial charge in [-0.2, -0.15) is 9.90 Å². The van der Waals surface area contributed by atoms with E-state index in [1.165, 1.54) is 25.2 Å². The number of carbonyl (C=O) groups excluding carboxylic acids is 1. The molecule has 0 aliphatic rings. The molecule has 10 heteroatoms. The highest BCUT2D eigenvalue weighted by atomic mass is 16.5. The van der Waals surface area contributed by atoms with Gasteiger partial charge in [-0.1, -0.05) is 30.3 Å². The van der Waals surface area contributed by atoms with Crippen LogP contribution in [0.4, 0.5) is 0 Å². The summed E-state index contributed by atoms with van der Waals surface area (Å²) in [4.78, 5) is 13.3. The predicted octanol–water partition coefficient (Wildman–Crippen LogP) is 1.52. The molecule has 0 saturated carbocycles. The lowest BCUT2D eigenvalue weighted by atomic mass is 10.2. The lowest BCUT2D eigenvalue weighted by molar-refractivity contribution is -0.122. The zero-order valence-electron chi connectivity index (χ0n) is 16.2. The highest BCUT2D eigenvalue weighted by molar-refractivity contribution is 5.89. The fourth-order valence-electron chi connectivity index (χ4n) is 2.51. The van der Waals surface area contributed by atoms with Crippen molar-refractivity contribution in [3.8, 4) is 28.6 Å². The standard InChI is InChI=1S/C19H20N6O4/c1-27-14-9-16(28-2)15(17(10-14)29-3)11-20-21-18(26)12-25-23-19(22-24-25)13-7-5-4-6-8-13/h4-11H,12H2,1-3H3,(H,21,26)/b20-11-. The number of benzene rings is 2. The number of hydrogen-bond donors (Lipinski definition) is 1. The second-order valence-corrected chi connectivity index (χ2v) is 5.75. The first-order valence-electron chi connectivity index (χ1n) is 8.59. The molecule has 3 rings (SSSR count). The molecule has 1 heterocycles. The number of aromatic nitrogens is 4. The topological polar surface area (TPSA) is 113 Å². The second-order valence-electron chi connectivity index (χ2n) is 5.75. The minimum absolute atomic E-state index is 0.131. The van der Waals surface area contributed by atoms with E-state index in [0.29, 0.717) is 28.6 Å². The lowest BCUT2D eigenvalue weighted by Crippen LogP contribution is -2.24. The van der Waals surface area contributed by atoms with Gasteiger partial charge in [0.15, 0.2) is 0 Å². The molecule has 0 unspecified atom stereocenters. The van der Waals surface area contributed by atoms with Gasteiger partial charge in [0.1, 0.15) is 23.8 Å². The van der Waals surface area contributed by atoms with Crippen molar-refractivity contribution in [1.29, 1.82) is 0 Å². The third-order valence-corrected chi connectivity index (χ3v) is 3.91. The molecule has 2 aromatic carbocycles. The van der Waals surface area contributed by atoms with Gasteiger partial charge in [0, 0.05) is 17.7 Å². The summed E-state index contributed by atoms with van der Waals surface area (Å²) in [6, 6.07) is 12.7. The van der Waals surface area contributed by atoms with Gasteiger partial charge in [0.2, 0.25) is 5.82 Å². The number of methoxy groups -OCH3 is 3. The minimum atomic E-state index is -0.412. The Morgan fingerprint density at radius 3 is 2.41 bits per heavy atom.